The molecule has 0 fully saturated rings. The van der Waals surface area contributed by atoms with Gasteiger partial charge in [-0.15, -0.1) is 0 Å². The molecule has 0 aromatic heterocycles. The van der Waals surface area contributed by atoms with Gasteiger partial charge in [0.1, 0.15) is 5.82 Å². The van der Waals surface area contributed by atoms with Gasteiger partial charge in [-0.2, -0.15) is 0 Å². The van der Waals surface area contributed by atoms with E-state index < -0.39 is 11.8 Å². The number of aryl methyl sites for hydroxylation is 1. The molecule has 180 valence electrons. The molecule has 1 amide bonds. The number of nitrogens with one attached hydrogen (secondary N) is 2. The van der Waals surface area contributed by atoms with Crippen LogP contribution in [0.15, 0.2) is 66.7 Å². The number of benzene rings is 3. The SMILES string of the molecule is CN(C)CCc1cccc(N/C(=C2\C(=O)Nc3cc(F)ccc32)c2cccc(CCC(=O)O)c2)c1. The molecule has 0 atom stereocenters. The Morgan fingerprint density at radius 1 is 1.00 bits per heavy atom. The van der Waals surface area contributed by atoms with Crippen molar-refractivity contribution >= 4 is 34.5 Å². The fourth-order valence-electron chi connectivity index (χ4n) is 4.11. The number of carbonyl (C=O) groups excluding carboxylic acids is 1. The summed E-state index contributed by atoms with van der Waals surface area (Å²) in [5.41, 5.74) is 5.59. The first-order valence-corrected chi connectivity index (χ1v) is 11.5. The molecule has 3 aromatic carbocycles. The normalized spacial score (nSPS) is 14.0. The number of rotatable bonds is 9. The van der Waals surface area contributed by atoms with Crippen LogP contribution >= 0.6 is 0 Å². The van der Waals surface area contributed by atoms with Crippen LogP contribution in [0, 0.1) is 5.82 Å². The number of carboxylic acids is 1. The lowest BCUT2D eigenvalue weighted by atomic mass is 9.97. The molecule has 0 saturated carbocycles. The van der Waals surface area contributed by atoms with Crippen LogP contribution in [0.4, 0.5) is 15.8 Å². The van der Waals surface area contributed by atoms with Crippen LogP contribution in [-0.4, -0.2) is 42.5 Å². The molecule has 0 aliphatic carbocycles. The smallest absolute Gasteiger partial charge is 0.303 e. The van der Waals surface area contributed by atoms with Crippen molar-refractivity contribution in [1.82, 2.24) is 4.90 Å². The summed E-state index contributed by atoms with van der Waals surface area (Å²) in [4.78, 5) is 26.3. The zero-order valence-electron chi connectivity index (χ0n) is 19.8. The lowest BCUT2D eigenvalue weighted by Gasteiger charge is -2.17. The molecular formula is C28H28FN3O3. The van der Waals surface area contributed by atoms with Gasteiger partial charge in [-0.3, -0.25) is 9.59 Å². The highest BCUT2D eigenvalue weighted by atomic mass is 19.1. The third-order valence-electron chi connectivity index (χ3n) is 5.86. The van der Waals surface area contributed by atoms with Gasteiger partial charge in [0.15, 0.2) is 0 Å². The molecule has 0 bridgehead atoms. The summed E-state index contributed by atoms with van der Waals surface area (Å²) in [6, 6.07) is 19.8. The number of fused-ring (bicyclic) bond motifs is 1. The summed E-state index contributed by atoms with van der Waals surface area (Å²) >= 11 is 0. The van der Waals surface area contributed by atoms with Crippen LogP contribution in [0.25, 0.3) is 11.3 Å². The molecule has 0 spiro atoms. The molecule has 3 N–H and O–H groups in total. The van der Waals surface area contributed by atoms with E-state index in [1.807, 2.05) is 50.5 Å². The summed E-state index contributed by atoms with van der Waals surface area (Å²) in [5, 5.41) is 15.3. The molecule has 0 radical (unpaired) electrons. The van der Waals surface area contributed by atoms with Crippen molar-refractivity contribution in [2.24, 2.45) is 0 Å². The number of carbonyl (C=O) groups is 2. The highest BCUT2D eigenvalue weighted by Gasteiger charge is 2.29. The molecule has 1 aliphatic rings. The van der Waals surface area contributed by atoms with E-state index in [0.29, 0.717) is 28.9 Å². The maximum Gasteiger partial charge on any atom is 0.303 e. The Hall–Kier alpha value is -3.97. The maximum absolute atomic E-state index is 13.8. The third kappa shape index (κ3) is 5.94. The van der Waals surface area contributed by atoms with Crippen LogP contribution in [0.3, 0.4) is 0 Å². The largest absolute Gasteiger partial charge is 0.481 e. The maximum atomic E-state index is 13.8. The van der Waals surface area contributed by atoms with Gasteiger partial charge >= 0.3 is 5.97 Å². The second-order valence-corrected chi connectivity index (χ2v) is 8.87. The predicted octanol–water partition coefficient (Wildman–Crippen LogP) is 4.88. The van der Waals surface area contributed by atoms with Gasteiger partial charge in [-0.25, -0.2) is 4.39 Å². The molecule has 35 heavy (non-hydrogen) atoms. The van der Waals surface area contributed by atoms with E-state index in [1.165, 1.54) is 12.1 Å². The van der Waals surface area contributed by atoms with Gasteiger partial charge in [0.25, 0.3) is 5.91 Å². The zero-order chi connectivity index (χ0) is 24.9. The van der Waals surface area contributed by atoms with E-state index in [0.717, 1.165) is 35.3 Å². The van der Waals surface area contributed by atoms with Crippen molar-refractivity contribution in [1.29, 1.82) is 0 Å². The quantitative estimate of drug-likeness (QED) is 0.386. The zero-order valence-corrected chi connectivity index (χ0v) is 19.8. The Bertz CT molecular complexity index is 1300. The fraction of sp³-hybridized carbons (Fsp3) is 0.214. The van der Waals surface area contributed by atoms with Crippen molar-refractivity contribution in [2.45, 2.75) is 19.3 Å². The van der Waals surface area contributed by atoms with Gasteiger partial charge in [0, 0.05) is 24.2 Å². The minimum absolute atomic E-state index is 0.0132. The van der Waals surface area contributed by atoms with Crippen LogP contribution in [0.5, 0.6) is 0 Å². The van der Waals surface area contributed by atoms with E-state index in [4.69, 9.17) is 5.11 Å². The number of carboxylic acid groups (broad SMARTS) is 1. The number of hydrogen-bond donors (Lipinski definition) is 3. The Morgan fingerprint density at radius 3 is 2.49 bits per heavy atom. The molecule has 0 saturated heterocycles. The van der Waals surface area contributed by atoms with Gasteiger partial charge in [0.05, 0.1) is 17.0 Å². The van der Waals surface area contributed by atoms with Crippen molar-refractivity contribution in [2.75, 3.05) is 31.3 Å². The number of nitrogens with zero attached hydrogens (tertiary/aromatic N) is 1. The molecule has 1 heterocycles. The van der Waals surface area contributed by atoms with E-state index in [2.05, 4.69) is 27.7 Å². The number of amides is 1. The van der Waals surface area contributed by atoms with Gasteiger partial charge in [-0.05, 0) is 80.0 Å². The second kappa shape index (κ2) is 10.5. The van der Waals surface area contributed by atoms with Gasteiger partial charge < -0.3 is 20.6 Å². The molecule has 0 unspecified atom stereocenters. The van der Waals surface area contributed by atoms with Crippen LogP contribution in [0.1, 0.15) is 28.7 Å². The Labute approximate surface area is 204 Å². The third-order valence-corrected chi connectivity index (χ3v) is 5.86. The summed E-state index contributed by atoms with van der Waals surface area (Å²) in [6.45, 7) is 0.907. The highest BCUT2D eigenvalue weighted by Crippen LogP contribution is 2.38. The average Bonchev–Trinajstić information content (AvgIpc) is 3.14. The lowest BCUT2D eigenvalue weighted by molar-refractivity contribution is -0.137. The van der Waals surface area contributed by atoms with Gasteiger partial charge in [0.2, 0.25) is 0 Å². The molecule has 4 rings (SSSR count). The Morgan fingerprint density at radius 2 is 1.74 bits per heavy atom. The molecule has 3 aromatic rings. The van der Waals surface area contributed by atoms with Crippen molar-refractivity contribution in [3.05, 3.63) is 94.8 Å². The van der Waals surface area contributed by atoms with Crippen molar-refractivity contribution in [3.63, 3.8) is 0 Å². The topological polar surface area (TPSA) is 81.7 Å². The highest BCUT2D eigenvalue weighted by molar-refractivity contribution is 6.37. The second-order valence-electron chi connectivity index (χ2n) is 8.87. The first-order chi connectivity index (χ1) is 16.8. The van der Waals surface area contributed by atoms with Gasteiger partial charge in [-0.1, -0.05) is 30.3 Å². The molecular weight excluding hydrogens is 445 g/mol. The monoisotopic (exact) mass is 473 g/mol. The first-order valence-electron chi connectivity index (χ1n) is 11.5. The first kappa shape index (κ1) is 24.2. The lowest BCUT2D eigenvalue weighted by Crippen LogP contribution is -2.15. The van der Waals surface area contributed by atoms with Crippen molar-refractivity contribution < 1.29 is 19.1 Å². The van der Waals surface area contributed by atoms with E-state index in [1.54, 1.807) is 6.07 Å². The minimum atomic E-state index is -0.868. The van der Waals surface area contributed by atoms with E-state index in [9.17, 15) is 14.0 Å². The van der Waals surface area contributed by atoms with Crippen LogP contribution in [0.2, 0.25) is 0 Å². The summed E-state index contributed by atoms with van der Waals surface area (Å²) in [7, 11) is 4.06. The van der Waals surface area contributed by atoms with Crippen molar-refractivity contribution in [3.8, 4) is 0 Å². The average molecular weight is 474 g/mol. The number of likely N-dealkylation sites (N-methyl/N-ethyl adjacent to an activating group) is 1. The Kier molecular flexibility index (Phi) is 7.27. The summed E-state index contributed by atoms with van der Waals surface area (Å²) in [5.74, 6) is -1.62. The van der Waals surface area contributed by atoms with E-state index in [-0.39, 0.29) is 12.3 Å². The minimum Gasteiger partial charge on any atom is -0.481 e. The Balaban J connectivity index is 1.79. The number of halogens is 1. The number of anilines is 2. The standard InChI is InChI=1S/C28H28FN3O3/c1-32(2)14-13-19-6-4-8-22(16-19)30-27(20-7-3-5-18(15-20)9-12-25(33)34)26-23-11-10-21(29)17-24(23)31-28(26)35/h3-8,10-11,15-17,30H,9,12-14H2,1-2H3,(H,31,35)(H,33,34)/b27-26-. The fourth-order valence-corrected chi connectivity index (χ4v) is 4.11. The van der Waals surface area contributed by atoms with E-state index >= 15 is 0 Å². The number of aliphatic carboxylic acids is 1. The predicted molar refractivity (Wildman–Crippen MR) is 137 cm³/mol. The summed E-state index contributed by atoms with van der Waals surface area (Å²) in [6.07, 6.45) is 1.26. The molecule has 6 nitrogen and oxygen atoms in total. The summed E-state index contributed by atoms with van der Waals surface area (Å²) < 4.78 is 13.8. The van der Waals surface area contributed by atoms with Crippen LogP contribution in [-0.2, 0) is 22.4 Å². The van der Waals surface area contributed by atoms with Crippen LogP contribution < -0.4 is 10.6 Å². The molecule has 1 aliphatic heterocycles. The molecule has 7 heteroatoms. The number of hydrogen-bond acceptors (Lipinski definition) is 4.